The van der Waals surface area contributed by atoms with Crippen molar-refractivity contribution in [1.29, 1.82) is 0 Å². The van der Waals surface area contributed by atoms with Crippen molar-refractivity contribution in [3.8, 4) is 0 Å². The molecule has 8 heteroatoms. The lowest BCUT2D eigenvalue weighted by molar-refractivity contribution is 0.0954. The third-order valence-electron chi connectivity index (χ3n) is 3.49. The molecular formula is C18H23FIN5O. The van der Waals surface area contributed by atoms with Gasteiger partial charge in [-0.05, 0) is 30.2 Å². The number of amides is 1. The van der Waals surface area contributed by atoms with E-state index in [1.165, 1.54) is 12.3 Å². The van der Waals surface area contributed by atoms with E-state index in [1.54, 1.807) is 37.5 Å². The summed E-state index contributed by atoms with van der Waals surface area (Å²) in [6.45, 7) is 1.52. The van der Waals surface area contributed by atoms with Crippen molar-refractivity contribution in [2.45, 2.75) is 6.42 Å². The number of carbonyl (C=O) groups is 1. The fourth-order valence-corrected chi connectivity index (χ4v) is 2.19. The molecule has 3 N–H and O–H groups in total. The van der Waals surface area contributed by atoms with Gasteiger partial charge in [0, 0.05) is 39.1 Å². The van der Waals surface area contributed by atoms with Crippen LogP contribution in [0.2, 0.25) is 0 Å². The highest BCUT2D eigenvalue weighted by atomic mass is 127. The Morgan fingerprint density at radius 2 is 1.81 bits per heavy atom. The number of hydrogen-bond donors (Lipinski definition) is 3. The largest absolute Gasteiger partial charge is 0.356 e. The molecule has 1 aromatic carbocycles. The zero-order valence-electron chi connectivity index (χ0n) is 14.5. The van der Waals surface area contributed by atoms with Crippen LogP contribution in [0.25, 0.3) is 0 Å². The number of benzene rings is 1. The number of aromatic nitrogens is 1. The Balaban J connectivity index is 0.00000338. The SMILES string of the molecule is CN=C(NCCNC(=O)c1cccnc1)NCCc1ccccc1F.I. The van der Waals surface area contributed by atoms with E-state index in [-0.39, 0.29) is 35.7 Å². The molecule has 140 valence electrons. The fraction of sp³-hybridized carbons (Fsp3) is 0.278. The second-order valence-corrected chi connectivity index (χ2v) is 5.26. The minimum Gasteiger partial charge on any atom is -0.356 e. The van der Waals surface area contributed by atoms with Crippen LogP contribution in [0.1, 0.15) is 15.9 Å². The van der Waals surface area contributed by atoms with E-state index in [4.69, 9.17) is 0 Å². The molecule has 1 heterocycles. The Morgan fingerprint density at radius 1 is 1.08 bits per heavy atom. The van der Waals surface area contributed by atoms with Crippen molar-refractivity contribution >= 4 is 35.8 Å². The number of pyridine rings is 1. The van der Waals surface area contributed by atoms with Crippen LogP contribution in [0.15, 0.2) is 53.8 Å². The summed E-state index contributed by atoms with van der Waals surface area (Å²) in [6, 6.07) is 10.1. The average Bonchev–Trinajstić information content (AvgIpc) is 2.65. The molecule has 0 bridgehead atoms. The second kappa shape index (κ2) is 12.2. The first-order valence-corrected chi connectivity index (χ1v) is 8.07. The predicted molar refractivity (Wildman–Crippen MR) is 111 cm³/mol. The average molecular weight is 471 g/mol. The third kappa shape index (κ3) is 7.34. The van der Waals surface area contributed by atoms with Crippen molar-refractivity contribution in [3.63, 3.8) is 0 Å². The Hall–Kier alpha value is -2.23. The zero-order valence-corrected chi connectivity index (χ0v) is 16.9. The van der Waals surface area contributed by atoms with Gasteiger partial charge in [-0.25, -0.2) is 4.39 Å². The smallest absolute Gasteiger partial charge is 0.252 e. The van der Waals surface area contributed by atoms with Crippen LogP contribution < -0.4 is 16.0 Å². The normalized spacial score (nSPS) is 10.6. The monoisotopic (exact) mass is 471 g/mol. The quantitative estimate of drug-likeness (QED) is 0.250. The van der Waals surface area contributed by atoms with Crippen LogP contribution in [0.4, 0.5) is 4.39 Å². The molecule has 1 aromatic heterocycles. The molecular weight excluding hydrogens is 448 g/mol. The highest BCUT2D eigenvalue weighted by molar-refractivity contribution is 14.0. The van der Waals surface area contributed by atoms with E-state index in [1.807, 2.05) is 6.07 Å². The second-order valence-electron chi connectivity index (χ2n) is 5.26. The van der Waals surface area contributed by atoms with Crippen molar-refractivity contribution in [1.82, 2.24) is 20.9 Å². The Labute approximate surface area is 169 Å². The van der Waals surface area contributed by atoms with Crippen LogP contribution in [0, 0.1) is 5.82 Å². The number of rotatable bonds is 7. The molecule has 0 aliphatic heterocycles. The molecule has 2 aromatic rings. The van der Waals surface area contributed by atoms with E-state index in [2.05, 4.69) is 25.9 Å². The fourth-order valence-electron chi connectivity index (χ4n) is 2.19. The maximum atomic E-state index is 13.5. The van der Waals surface area contributed by atoms with Gasteiger partial charge in [-0.15, -0.1) is 24.0 Å². The molecule has 0 spiro atoms. The highest BCUT2D eigenvalue weighted by Gasteiger charge is 2.04. The van der Waals surface area contributed by atoms with Crippen LogP contribution >= 0.6 is 24.0 Å². The third-order valence-corrected chi connectivity index (χ3v) is 3.49. The summed E-state index contributed by atoms with van der Waals surface area (Å²) >= 11 is 0. The summed E-state index contributed by atoms with van der Waals surface area (Å²) < 4.78 is 13.5. The molecule has 0 saturated carbocycles. The van der Waals surface area contributed by atoms with Crippen LogP contribution in [-0.2, 0) is 6.42 Å². The van der Waals surface area contributed by atoms with Gasteiger partial charge < -0.3 is 16.0 Å². The van der Waals surface area contributed by atoms with Crippen LogP contribution in [-0.4, -0.2) is 43.5 Å². The Bertz CT molecular complexity index is 712. The summed E-state index contributed by atoms with van der Waals surface area (Å²) in [5.41, 5.74) is 1.18. The van der Waals surface area contributed by atoms with Crippen molar-refractivity contribution in [2.75, 3.05) is 26.7 Å². The van der Waals surface area contributed by atoms with E-state index < -0.39 is 0 Å². The molecule has 0 aliphatic carbocycles. The number of carbonyl (C=O) groups excluding carboxylic acids is 1. The van der Waals surface area contributed by atoms with Gasteiger partial charge in [0.15, 0.2) is 5.96 Å². The summed E-state index contributed by atoms with van der Waals surface area (Å²) in [5.74, 6) is 0.231. The van der Waals surface area contributed by atoms with E-state index in [9.17, 15) is 9.18 Å². The molecule has 0 saturated heterocycles. The number of guanidine groups is 1. The molecule has 1 amide bonds. The number of aliphatic imine (C=N–C) groups is 1. The number of hydrogen-bond acceptors (Lipinski definition) is 3. The van der Waals surface area contributed by atoms with Crippen LogP contribution in [0.3, 0.4) is 0 Å². The highest BCUT2D eigenvalue weighted by Crippen LogP contribution is 2.05. The first-order chi connectivity index (χ1) is 12.2. The van der Waals surface area contributed by atoms with Crippen molar-refractivity contribution < 1.29 is 9.18 Å². The summed E-state index contributed by atoms with van der Waals surface area (Å²) in [7, 11) is 1.66. The molecule has 0 fully saturated rings. The van der Waals surface area contributed by atoms with Gasteiger partial charge >= 0.3 is 0 Å². The Morgan fingerprint density at radius 3 is 2.50 bits per heavy atom. The molecule has 2 rings (SSSR count). The van der Waals surface area contributed by atoms with Gasteiger partial charge in [0.1, 0.15) is 5.82 Å². The summed E-state index contributed by atoms with van der Waals surface area (Å²) in [4.78, 5) is 19.9. The zero-order chi connectivity index (χ0) is 17.9. The standard InChI is InChI=1S/C18H22FN5O.HI/c1-20-18(23-10-8-14-5-2-3-7-16(14)19)24-12-11-22-17(25)15-6-4-9-21-13-15;/h2-7,9,13H,8,10-12H2,1H3,(H,22,25)(H2,20,23,24);1H. The molecule has 0 radical (unpaired) electrons. The van der Waals surface area contributed by atoms with Gasteiger partial charge in [-0.1, -0.05) is 18.2 Å². The lowest BCUT2D eigenvalue weighted by Gasteiger charge is -2.12. The Kier molecular flexibility index (Phi) is 10.2. The van der Waals surface area contributed by atoms with Gasteiger partial charge in [-0.2, -0.15) is 0 Å². The molecule has 0 unspecified atom stereocenters. The first-order valence-electron chi connectivity index (χ1n) is 8.07. The molecule has 6 nitrogen and oxygen atoms in total. The number of nitrogens with zero attached hydrogens (tertiary/aromatic N) is 2. The van der Waals surface area contributed by atoms with E-state index in [0.717, 1.165) is 0 Å². The van der Waals surface area contributed by atoms with Crippen LogP contribution in [0.5, 0.6) is 0 Å². The maximum absolute atomic E-state index is 13.5. The molecule has 0 atom stereocenters. The minimum absolute atomic E-state index is 0. The first kappa shape index (κ1) is 21.8. The van der Waals surface area contributed by atoms with Crippen molar-refractivity contribution in [3.05, 3.63) is 65.7 Å². The lowest BCUT2D eigenvalue weighted by Crippen LogP contribution is -2.42. The number of nitrogens with one attached hydrogen (secondary N) is 3. The predicted octanol–water partition coefficient (Wildman–Crippen LogP) is 1.98. The van der Waals surface area contributed by atoms with E-state index >= 15 is 0 Å². The summed E-state index contributed by atoms with van der Waals surface area (Å²) in [5, 5.41) is 9.00. The molecule has 26 heavy (non-hydrogen) atoms. The van der Waals surface area contributed by atoms with E-state index in [0.29, 0.717) is 43.1 Å². The lowest BCUT2D eigenvalue weighted by atomic mass is 10.1. The van der Waals surface area contributed by atoms with Gasteiger partial charge in [0.05, 0.1) is 5.56 Å². The maximum Gasteiger partial charge on any atom is 0.252 e. The van der Waals surface area contributed by atoms with Gasteiger partial charge in [-0.3, -0.25) is 14.8 Å². The number of halogens is 2. The topological polar surface area (TPSA) is 78.4 Å². The van der Waals surface area contributed by atoms with Gasteiger partial charge in [0.25, 0.3) is 5.91 Å². The summed E-state index contributed by atoms with van der Waals surface area (Å²) in [6.07, 6.45) is 3.70. The van der Waals surface area contributed by atoms with Crippen molar-refractivity contribution in [2.24, 2.45) is 4.99 Å². The van der Waals surface area contributed by atoms with Gasteiger partial charge in [0.2, 0.25) is 0 Å². The minimum atomic E-state index is -0.203. The molecule has 0 aliphatic rings.